The van der Waals surface area contributed by atoms with Crippen LogP contribution in [-0.4, -0.2) is 12.8 Å². The predicted molar refractivity (Wildman–Crippen MR) is 123 cm³/mol. The van der Waals surface area contributed by atoms with Crippen LogP contribution >= 0.6 is 11.8 Å². The van der Waals surface area contributed by atoms with Crippen molar-refractivity contribution in [3.63, 3.8) is 0 Å². The molecule has 140 valence electrons. The van der Waals surface area contributed by atoms with Crippen LogP contribution in [0.3, 0.4) is 0 Å². The molecule has 0 radical (unpaired) electrons. The van der Waals surface area contributed by atoms with E-state index in [1.807, 2.05) is 24.1 Å². The minimum absolute atomic E-state index is 0.814. The van der Waals surface area contributed by atoms with Gasteiger partial charge in [0.25, 0.3) is 0 Å². The van der Waals surface area contributed by atoms with Gasteiger partial charge in [0.1, 0.15) is 0 Å². The fraction of sp³-hybridized carbons (Fsp3) is 0.280. The van der Waals surface area contributed by atoms with Crippen LogP contribution in [0.5, 0.6) is 0 Å². The van der Waals surface area contributed by atoms with Crippen LogP contribution < -0.4 is 0 Å². The Balaban J connectivity index is 2.09. The lowest BCUT2D eigenvalue weighted by molar-refractivity contribution is 1.08. The number of benzene rings is 1. The summed E-state index contributed by atoms with van der Waals surface area (Å²) < 4.78 is 0. The highest BCUT2D eigenvalue weighted by Gasteiger charge is 2.17. The Labute approximate surface area is 168 Å². The second-order valence-electron chi connectivity index (χ2n) is 6.44. The lowest BCUT2D eigenvalue weighted by atomic mass is 9.89. The highest BCUT2D eigenvalue weighted by Crippen LogP contribution is 2.38. The minimum Gasteiger partial charge on any atom is -0.293 e. The quantitative estimate of drug-likeness (QED) is 0.343. The van der Waals surface area contributed by atoms with Crippen LogP contribution in [0.4, 0.5) is 0 Å². The van der Waals surface area contributed by atoms with E-state index < -0.39 is 0 Å². The average molecular weight is 376 g/mol. The first-order valence-electron chi connectivity index (χ1n) is 9.41. The highest BCUT2D eigenvalue weighted by atomic mass is 32.2. The number of hydrogen-bond acceptors (Lipinski definition) is 2. The molecular formula is C25H29NS. The van der Waals surface area contributed by atoms with E-state index in [0.717, 1.165) is 36.3 Å². The fourth-order valence-corrected chi connectivity index (χ4v) is 4.05. The Morgan fingerprint density at radius 1 is 1.30 bits per heavy atom. The minimum atomic E-state index is 0.814. The summed E-state index contributed by atoms with van der Waals surface area (Å²) in [6.45, 7) is 14.9. The van der Waals surface area contributed by atoms with E-state index in [1.54, 1.807) is 0 Å². The molecule has 0 aromatic heterocycles. The molecule has 0 amide bonds. The number of allylic oxidation sites excluding steroid dienone is 7. The Morgan fingerprint density at radius 2 is 2.04 bits per heavy atom. The van der Waals surface area contributed by atoms with Gasteiger partial charge in [-0.25, -0.2) is 0 Å². The molecule has 0 saturated heterocycles. The van der Waals surface area contributed by atoms with E-state index in [-0.39, 0.29) is 0 Å². The number of hydrogen-bond donors (Lipinski definition) is 0. The molecule has 0 atom stereocenters. The van der Waals surface area contributed by atoms with Crippen molar-refractivity contribution in [2.24, 2.45) is 4.99 Å². The lowest BCUT2D eigenvalue weighted by Crippen LogP contribution is -2.02. The van der Waals surface area contributed by atoms with Crippen molar-refractivity contribution in [1.29, 1.82) is 0 Å². The molecule has 1 aliphatic rings. The first-order valence-corrected chi connectivity index (χ1v) is 10.4. The molecule has 2 rings (SSSR count). The third kappa shape index (κ3) is 5.85. The topological polar surface area (TPSA) is 12.4 Å². The normalized spacial score (nSPS) is 15.1. The number of rotatable bonds is 8. The van der Waals surface area contributed by atoms with Gasteiger partial charge in [-0.05, 0) is 66.4 Å². The molecule has 0 unspecified atom stereocenters. The lowest BCUT2D eigenvalue weighted by Gasteiger charge is -2.21. The number of aliphatic imine (C=N–C) groups is 1. The third-order valence-corrected chi connectivity index (χ3v) is 5.96. The second-order valence-corrected chi connectivity index (χ2v) is 7.51. The zero-order valence-electron chi connectivity index (χ0n) is 16.7. The summed E-state index contributed by atoms with van der Waals surface area (Å²) in [6, 6.07) is 8.60. The SMILES string of the molecule is C=C=C1C(C/C(C=NCC)=C/C)=CCC(SCc2ccc(C=C)cc2)=C1C. The van der Waals surface area contributed by atoms with Crippen LogP contribution in [0.15, 0.2) is 87.5 Å². The monoisotopic (exact) mass is 375 g/mol. The van der Waals surface area contributed by atoms with Crippen LogP contribution in [0.25, 0.3) is 6.08 Å². The molecule has 1 aromatic rings. The van der Waals surface area contributed by atoms with E-state index in [0.29, 0.717) is 0 Å². The Kier molecular flexibility index (Phi) is 8.39. The number of nitrogens with zero attached hydrogens (tertiary/aromatic N) is 1. The van der Waals surface area contributed by atoms with Crippen molar-refractivity contribution < 1.29 is 0 Å². The molecule has 0 bridgehead atoms. The van der Waals surface area contributed by atoms with Crippen LogP contribution in [-0.2, 0) is 5.75 Å². The first-order chi connectivity index (χ1) is 13.1. The molecule has 0 N–H and O–H groups in total. The molecule has 0 spiro atoms. The average Bonchev–Trinajstić information content (AvgIpc) is 2.71. The van der Waals surface area contributed by atoms with Gasteiger partial charge >= 0.3 is 0 Å². The maximum atomic E-state index is 4.38. The molecule has 1 aliphatic carbocycles. The van der Waals surface area contributed by atoms with Crippen molar-refractivity contribution in [2.75, 3.05) is 6.54 Å². The first kappa shape index (κ1) is 21.0. The van der Waals surface area contributed by atoms with E-state index >= 15 is 0 Å². The molecule has 27 heavy (non-hydrogen) atoms. The molecule has 0 heterocycles. The summed E-state index contributed by atoms with van der Waals surface area (Å²) in [6.07, 6.45) is 10.2. The van der Waals surface area contributed by atoms with Gasteiger partial charge in [0, 0.05) is 24.1 Å². The standard InChI is InChI=1S/C25H29NS/c1-6-20-10-12-22(13-11-20)18-27-25-15-14-23(24(8-3)19(25)5)16-21(7-2)17-26-9-4/h6-7,10-14,17H,1,3,9,15-16,18H2,2,4-5H3/b21-7-,26-17?. The van der Waals surface area contributed by atoms with Crippen molar-refractivity contribution in [3.8, 4) is 0 Å². The van der Waals surface area contributed by atoms with Crippen molar-refractivity contribution in [1.82, 2.24) is 0 Å². The summed E-state index contributed by atoms with van der Waals surface area (Å²) >= 11 is 1.91. The van der Waals surface area contributed by atoms with Gasteiger partial charge in [0.05, 0.1) is 0 Å². The second kappa shape index (κ2) is 10.8. The van der Waals surface area contributed by atoms with Crippen molar-refractivity contribution in [2.45, 2.75) is 39.4 Å². The van der Waals surface area contributed by atoms with Crippen molar-refractivity contribution >= 4 is 24.1 Å². The summed E-state index contributed by atoms with van der Waals surface area (Å²) in [5.41, 5.74) is 10.7. The zero-order chi connectivity index (χ0) is 19.6. The smallest absolute Gasteiger partial charge is 0.0361 e. The summed E-state index contributed by atoms with van der Waals surface area (Å²) in [7, 11) is 0. The third-order valence-electron chi connectivity index (χ3n) is 4.66. The zero-order valence-corrected chi connectivity index (χ0v) is 17.5. The van der Waals surface area contributed by atoms with Gasteiger partial charge in [-0.1, -0.05) is 55.7 Å². The number of thioether (sulfide) groups is 1. The largest absolute Gasteiger partial charge is 0.293 e. The molecule has 0 aliphatic heterocycles. The maximum absolute atomic E-state index is 4.38. The van der Waals surface area contributed by atoms with Gasteiger partial charge in [0.2, 0.25) is 0 Å². The van der Waals surface area contributed by atoms with Crippen LogP contribution in [0.1, 0.15) is 44.7 Å². The fourth-order valence-electron chi connectivity index (χ4n) is 3.00. The molecule has 0 saturated carbocycles. The predicted octanol–water partition coefficient (Wildman–Crippen LogP) is 7.31. The summed E-state index contributed by atoms with van der Waals surface area (Å²) in [5.74, 6) is 0.973. The van der Waals surface area contributed by atoms with Gasteiger partial charge in [-0.15, -0.1) is 17.5 Å². The van der Waals surface area contributed by atoms with Gasteiger partial charge in [-0.3, -0.25) is 4.99 Å². The Hall–Kier alpha value is -2.28. The van der Waals surface area contributed by atoms with Gasteiger partial charge in [-0.2, -0.15) is 0 Å². The molecule has 2 heteroatoms. The highest BCUT2D eigenvalue weighted by molar-refractivity contribution is 8.02. The molecular weight excluding hydrogens is 346 g/mol. The summed E-state index contributed by atoms with van der Waals surface area (Å²) in [4.78, 5) is 5.79. The van der Waals surface area contributed by atoms with E-state index in [1.165, 1.54) is 27.2 Å². The van der Waals surface area contributed by atoms with Gasteiger partial charge < -0.3 is 0 Å². The van der Waals surface area contributed by atoms with Crippen LogP contribution in [0.2, 0.25) is 0 Å². The molecule has 1 nitrogen and oxygen atoms in total. The van der Waals surface area contributed by atoms with Gasteiger partial charge in [0.15, 0.2) is 0 Å². The van der Waals surface area contributed by atoms with Crippen LogP contribution in [0, 0.1) is 0 Å². The van der Waals surface area contributed by atoms with E-state index in [2.05, 4.69) is 81.1 Å². The molecule has 1 aromatic carbocycles. The van der Waals surface area contributed by atoms with E-state index in [4.69, 9.17) is 0 Å². The van der Waals surface area contributed by atoms with Crippen molar-refractivity contribution in [3.05, 3.63) is 93.6 Å². The molecule has 0 fully saturated rings. The maximum Gasteiger partial charge on any atom is 0.0361 e. The summed E-state index contributed by atoms with van der Waals surface area (Å²) in [5, 5.41) is 0. The Bertz CT molecular complexity index is 841. The van der Waals surface area contributed by atoms with E-state index in [9.17, 15) is 0 Å². The Morgan fingerprint density at radius 3 is 2.63 bits per heavy atom.